The van der Waals surface area contributed by atoms with Crippen LogP contribution >= 0.6 is 11.8 Å². The molecular weight excluding hydrogens is 386 g/mol. The third-order valence-electron chi connectivity index (χ3n) is 4.97. The number of ketones is 1. The van der Waals surface area contributed by atoms with Gasteiger partial charge in [0.15, 0.2) is 11.5 Å². The molecule has 4 rings (SSSR count). The molecule has 0 aromatic heterocycles. The summed E-state index contributed by atoms with van der Waals surface area (Å²) in [5, 5.41) is -0.108. The van der Waals surface area contributed by atoms with Gasteiger partial charge in [0, 0.05) is 11.1 Å². The largest absolute Gasteiger partial charge is 0.460 e. The van der Waals surface area contributed by atoms with Crippen molar-refractivity contribution in [3.63, 3.8) is 0 Å². The molecular formula is C23H21NO4S. The second kappa shape index (κ2) is 7.79. The van der Waals surface area contributed by atoms with E-state index in [9.17, 15) is 9.59 Å². The zero-order valence-corrected chi connectivity index (χ0v) is 17.1. The monoisotopic (exact) mass is 407 g/mol. The van der Waals surface area contributed by atoms with Crippen LogP contribution in [0.4, 0.5) is 5.69 Å². The lowest BCUT2D eigenvalue weighted by Crippen LogP contribution is -2.28. The van der Waals surface area contributed by atoms with Crippen LogP contribution in [-0.4, -0.2) is 31.2 Å². The van der Waals surface area contributed by atoms with E-state index in [0.717, 1.165) is 11.3 Å². The predicted molar refractivity (Wildman–Crippen MR) is 114 cm³/mol. The second-order valence-corrected chi connectivity index (χ2v) is 7.83. The van der Waals surface area contributed by atoms with E-state index in [1.807, 2.05) is 59.7 Å². The number of rotatable bonds is 5. The first-order chi connectivity index (χ1) is 14.0. The lowest BCUT2D eigenvalue weighted by atomic mass is 10.1. The molecule has 1 heterocycles. The Kier molecular flexibility index (Phi) is 5.20. The number of carbonyl (C=O) groups is 2. The van der Waals surface area contributed by atoms with Gasteiger partial charge in [0.05, 0.1) is 23.1 Å². The molecule has 0 spiro atoms. The fourth-order valence-corrected chi connectivity index (χ4v) is 4.52. The molecule has 29 heavy (non-hydrogen) atoms. The van der Waals surface area contributed by atoms with Crippen molar-refractivity contribution in [2.24, 2.45) is 0 Å². The summed E-state index contributed by atoms with van der Waals surface area (Å²) < 4.78 is 11.4. The maximum absolute atomic E-state index is 13.2. The van der Waals surface area contributed by atoms with Gasteiger partial charge >= 0.3 is 5.97 Å². The second-order valence-electron chi connectivity index (χ2n) is 6.89. The normalized spacial score (nSPS) is 19.6. The van der Waals surface area contributed by atoms with Gasteiger partial charge in [-0.1, -0.05) is 43.0 Å². The van der Waals surface area contributed by atoms with Crippen LogP contribution in [0.15, 0.2) is 72.1 Å². The highest BCUT2D eigenvalue weighted by molar-refractivity contribution is 7.99. The average Bonchev–Trinajstić information content (AvgIpc) is 3.23. The van der Waals surface area contributed by atoms with Crippen LogP contribution in [0.5, 0.6) is 5.75 Å². The highest BCUT2D eigenvalue weighted by Gasteiger charge is 2.41. The highest BCUT2D eigenvalue weighted by Crippen LogP contribution is 2.49. The molecule has 1 aliphatic heterocycles. The minimum atomic E-state index is -0.432. The number of Topliss-reactive ketones (excluding diaryl/α,β-unsaturated/α-hetero) is 1. The number of para-hydroxylation sites is 2. The molecule has 2 aromatic carbocycles. The van der Waals surface area contributed by atoms with Crippen molar-refractivity contribution in [1.82, 2.24) is 0 Å². The smallest absolute Gasteiger partial charge is 0.333 e. The summed E-state index contributed by atoms with van der Waals surface area (Å²) in [7, 11) is 0. The van der Waals surface area contributed by atoms with Crippen molar-refractivity contribution < 1.29 is 19.1 Å². The molecule has 1 unspecified atom stereocenters. The van der Waals surface area contributed by atoms with Gasteiger partial charge in [-0.05, 0) is 30.9 Å². The van der Waals surface area contributed by atoms with Gasteiger partial charge in [0.25, 0.3) is 0 Å². The number of benzene rings is 2. The van der Waals surface area contributed by atoms with E-state index in [1.54, 1.807) is 18.7 Å². The Morgan fingerprint density at radius 2 is 1.93 bits per heavy atom. The summed E-state index contributed by atoms with van der Waals surface area (Å²) >= 11 is 1.60. The van der Waals surface area contributed by atoms with Gasteiger partial charge in [-0.2, -0.15) is 11.8 Å². The number of hydrogen-bond acceptors (Lipinski definition) is 6. The lowest BCUT2D eigenvalue weighted by Gasteiger charge is -2.21. The van der Waals surface area contributed by atoms with Crippen molar-refractivity contribution in [2.45, 2.75) is 12.2 Å². The summed E-state index contributed by atoms with van der Waals surface area (Å²) in [6.45, 7) is 5.75. The first-order valence-electron chi connectivity index (χ1n) is 9.30. The molecule has 0 fully saturated rings. The number of anilines is 1. The Hall–Kier alpha value is -2.99. The molecule has 148 valence electrons. The molecule has 2 aromatic rings. The van der Waals surface area contributed by atoms with Crippen LogP contribution in [0.25, 0.3) is 0 Å². The van der Waals surface area contributed by atoms with Crippen LogP contribution in [0.3, 0.4) is 0 Å². The maximum Gasteiger partial charge on any atom is 0.333 e. The number of hydrogen-bond donors (Lipinski definition) is 0. The van der Waals surface area contributed by atoms with Crippen molar-refractivity contribution in [2.75, 3.05) is 24.3 Å². The van der Waals surface area contributed by atoms with Crippen LogP contribution in [-0.2, 0) is 9.53 Å². The van der Waals surface area contributed by atoms with Crippen LogP contribution < -0.4 is 9.64 Å². The van der Waals surface area contributed by atoms with E-state index < -0.39 is 5.97 Å². The number of carbonyl (C=O) groups excluding carboxylic acids is 2. The fraction of sp³-hybridized carbons (Fsp3) is 0.217. The van der Waals surface area contributed by atoms with Crippen molar-refractivity contribution in [1.29, 1.82) is 0 Å². The number of esters is 1. The van der Waals surface area contributed by atoms with E-state index in [1.165, 1.54) is 0 Å². The van der Waals surface area contributed by atoms with E-state index in [-0.39, 0.29) is 17.6 Å². The Morgan fingerprint density at radius 1 is 1.21 bits per heavy atom. The van der Waals surface area contributed by atoms with Gasteiger partial charge in [-0.15, -0.1) is 0 Å². The summed E-state index contributed by atoms with van der Waals surface area (Å²) in [5.74, 6) is 0.744. The maximum atomic E-state index is 13.2. The number of nitrogens with zero attached hydrogens (tertiary/aromatic N) is 1. The van der Waals surface area contributed by atoms with Crippen LogP contribution in [0, 0.1) is 0 Å². The molecule has 5 nitrogen and oxygen atoms in total. The van der Waals surface area contributed by atoms with Gasteiger partial charge < -0.3 is 14.4 Å². The van der Waals surface area contributed by atoms with Gasteiger partial charge in [-0.25, -0.2) is 4.79 Å². The average molecular weight is 407 g/mol. The Balaban J connectivity index is 1.72. The minimum Gasteiger partial charge on any atom is -0.460 e. The summed E-state index contributed by atoms with van der Waals surface area (Å²) in [6.07, 6.45) is 1.99. The summed E-state index contributed by atoms with van der Waals surface area (Å²) in [4.78, 5) is 26.9. The Bertz CT molecular complexity index is 1040. The number of fused-ring (bicyclic) bond motifs is 2. The van der Waals surface area contributed by atoms with Gasteiger partial charge in [0.2, 0.25) is 5.88 Å². The molecule has 0 bridgehead atoms. The zero-order chi connectivity index (χ0) is 20.5. The molecule has 1 aliphatic carbocycles. The number of ether oxygens (including phenoxy) is 2. The first-order valence-corrected chi connectivity index (χ1v) is 10.6. The Morgan fingerprint density at radius 3 is 2.69 bits per heavy atom. The predicted octanol–water partition coefficient (Wildman–Crippen LogP) is 4.52. The topological polar surface area (TPSA) is 55.8 Å². The SMILES string of the molecule is C=C(C)C(=O)OCCN1/C(=C2/C(=O)c3ccccc3C2SC)Oc2ccccc21. The molecule has 6 heteroatoms. The zero-order valence-electron chi connectivity index (χ0n) is 16.3. The summed E-state index contributed by atoms with van der Waals surface area (Å²) in [6, 6.07) is 15.3. The molecule has 0 N–H and O–H groups in total. The van der Waals surface area contributed by atoms with E-state index in [0.29, 0.717) is 34.9 Å². The molecule has 2 aliphatic rings. The quantitative estimate of drug-likeness (QED) is 0.537. The first kappa shape index (κ1) is 19.3. The van der Waals surface area contributed by atoms with Gasteiger partial charge in [-0.3, -0.25) is 4.79 Å². The van der Waals surface area contributed by atoms with E-state index in [2.05, 4.69) is 6.58 Å². The van der Waals surface area contributed by atoms with Crippen LogP contribution in [0.2, 0.25) is 0 Å². The number of thioether (sulfide) groups is 1. The fourth-order valence-electron chi connectivity index (χ4n) is 3.62. The molecule has 0 radical (unpaired) electrons. The molecule has 0 amide bonds. The molecule has 0 saturated heterocycles. The highest BCUT2D eigenvalue weighted by atomic mass is 32.2. The van der Waals surface area contributed by atoms with E-state index >= 15 is 0 Å². The Labute approximate surface area is 174 Å². The summed E-state index contributed by atoms with van der Waals surface area (Å²) in [5.41, 5.74) is 3.54. The van der Waals surface area contributed by atoms with Crippen LogP contribution in [0.1, 0.15) is 28.1 Å². The van der Waals surface area contributed by atoms with Crippen molar-refractivity contribution in [3.05, 3.63) is 83.3 Å². The molecule has 0 saturated carbocycles. The van der Waals surface area contributed by atoms with E-state index in [4.69, 9.17) is 9.47 Å². The van der Waals surface area contributed by atoms with Gasteiger partial charge in [0.1, 0.15) is 6.61 Å². The lowest BCUT2D eigenvalue weighted by molar-refractivity contribution is -0.138. The minimum absolute atomic E-state index is 0.0216. The standard InChI is InChI=1S/C23H21NO4S/c1-14(2)23(26)27-13-12-24-17-10-6-7-11-18(17)28-22(24)19-20(25)15-8-4-5-9-16(15)21(19)29-3/h4-11,21H,1,12-13H2,2-3H3/b22-19+. The third-order valence-corrected chi connectivity index (χ3v) is 5.93. The molecule has 1 atom stereocenters. The van der Waals surface area contributed by atoms with Crippen molar-refractivity contribution in [3.8, 4) is 5.75 Å². The van der Waals surface area contributed by atoms with Crippen molar-refractivity contribution >= 4 is 29.2 Å². The third kappa shape index (κ3) is 3.34.